The molecule has 0 bridgehead atoms. The Morgan fingerprint density at radius 2 is 1.78 bits per heavy atom. The molecular weight excluding hydrogens is 448 g/mol. The van der Waals surface area contributed by atoms with Crippen LogP contribution in [0.15, 0.2) is 47.4 Å². The molecule has 4 aromatic rings. The van der Waals surface area contributed by atoms with Crippen LogP contribution in [0, 0.1) is 32.6 Å². The monoisotopic (exact) mass is 484 g/mol. The predicted octanol–water partition coefficient (Wildman–Crippen LogP) is 5.27. The van der Waals surface area contributed by atoms with E-state index in [1.165, 1.54) is 33.4 Å². The smallest absolute Gasteiger partial charge is 0.291 e. The Labute approximate surface area is 212 Å². The summed E-state index contributed by atoms with van der Waals surface area (Å²) in [5.74, 6) is 0.867. The van der Waals surface area contributed by atoms with Crippen LogP contribution in [-0.4, -0.2) is 26.3 Å². The second-order valence-electron chi connectivity index (χ2n) is 10.8. The van der Waals surface area contributed by atoms with Gasteiger partial charge in [0.1, 0.15) is 12.1 Å². The zero-order chi connectivity index (χ0) is 25.6. The lowest BCUT2D eigenvalue weighted by atomic mass is 9.78. The third-order valence-electron chi connectivity index (χ3n) is 8.28. The second kappa shape index (κ2) is 9.57. The minimum Gasteiger partial charge on any atom is -0.351 e. The summed E-state index contributed by atoms with van der Waals surface area (Å²) in [7, 11) is 0. The molecule has 0 spiro atoms. The third kappa shape index (κ3) is 4.34. The molecule has 6 heteroatoms. The Balaban J connectivity index is 1.54. The summed E-state index contributed by atoms with van der Waals surface area (Å²) in [4.78, 5) is 26.7. The summed E-state index contributed by atoms with van der Waals surface area (Å²) >= 11 is 0. The predicted molar refractivity (Wildman–Crippen MR) is 145 cm³/mol. The van der Waals surface area contributed by atoms with Gasteiger partial charge in [-0.3, -0.25) is 9.59 Å². The number of fused-ring (bicyclic) bond motifs is 3. The fourth-order valence-electron chi connectivity index (χ4n) is 6.06. The minimum absolute atomic E-state index is 0.0729. The van der Waals surface area contributed by atoms with Crippen molar-refractivity contribution in [3.05, 3.63) is 75.2 Å². The van der Waals surface area contributed by atoms with Crippen LogP contribution >= 0.6 is 0 Å². The van der Waals surface area contributed by atoms with Crippen LogP contribution in [0.1, 0.15) is 55.4 Å². The van der Waals surface area contributed by atoms with E-state index in [9.17, 15) is 9.59 Å². The lowest BCUT2D eigenvalue weighted by Crippen LogP contribution is -2.45. The Morgan fingerprint density at radius 3 is 2.53 bits per heavy atom. The van der Waals surface area contributed by atoms with Crippen molar-refractivity contribution < 1.29 is 4.79 Å². The molecule has 188 valence electrons. The number of para-hydroxylation sites is 1. The summed E-state index contributed by atoms with van der Waals surface area (Å²) in [5, 5.41) is 9.42. The quantitative estimate of drug-likeness (QED) is 0.420. The number of amides is 1. The van der Waals surface area contributed by atoms with Crippen molar-refractivity contribution >= 4 is 27.7 Å². The zero-order valence-electron chi connectivity index (χ0n) is 22.0. The molecule has 1 aliphatic carbocycles. The molecule has 0 aliphatic heterocycles. The van der Waals surface area contributed by atoms with Gasteiger partial charge in [0.15, 0.2) is 0 Å². The Bertz CT molecular complexity index is 1490. The molecule has 2 heterocycles. The normalized spacial score (nSPS) is 20.2. The van der Waals surface area contributed by atoms with Crippen LogP contribution in [0.5, 0.6) is 0 Å². The van der Waals surface area contributed by atoms with Gasteiger partial charge in [-0.25, -0.2) is 4.68 Å². The first kappa shape index (κ1) is 24.3. The van der Waals surface area contributed by atoms with E-state index in [0.29, 0.717) is 23.9 Å². The minimum atomic E-state index is -0.230. The van der Waals surface area contributed by atoms with E-state index in [2.05, 4.69) is 67.8 Å². The van der Waals surface area contributed by atoms with Crippen LogP contribution in [0.25, 0.3) is 21.8 Å². The fourth-order valence-corrected chi connectivity index (χ4v) is 6.06. The molecule has 0 saturated heterocycles. The van der Waals surface area contributed by atoms with Gasteiger partial charge in [-0.1, -0.05) is 62.6 Å². The first-order valence-corrected chi connectivity index (χ1v) is 13.1. The van der Waals surface area contributed by atoms with Crippen molar-refractivity contribution in [1.29, 1.82) is 0 Å². The maximum absolute atomic E-state index is 13.8. The molecule has 36 heavy (non-hydrogen) atoms. The second-order valence-corrected chi connectivity index (χ2v) is 10.8. The van der Waals surface area contributed by atoms with E-state index < -0.39 is 0 Å². The van der Waals surface area contributed by atoms with Gasteiger partial charge in [0.25, 0.3) is 5.56 Å². The largest absolute Gasteiger partial charge is 0.351 e. The highest BCUT2D eigenvalue weighted by atomic mass is 16.2. The number of nitrogens with one attached hydrogen (secondary N) is 1. The van der Waals surface area contributed by atoms with Crippen LogP contribution in [0.3, 0.4) is 0 Å². The number of carbonyl (C=O) groups is 1. The first-order valence-electron chi connectivity index (χ1n) is 13.1. The summed E-state index contributed by atoms with van der Waals surface area (Å²) in [5.41, 5.74) is 6.23. The fraction of sp³-hybridized carbons (Fsp3) is 0.433. The van der Waals surface area contributed by atoms with E-state index >= 15 is 0 Å². The molecule has 2 aromatic carbocycles. The molecule has 2 aromatic heterocycles. The number of benzene rings is 2. The van der Waals surface area contributed by atoms with Crippen LogP contribution < -0.4 is 10.9 Å². The van der Waals surface area contributed by atoms with Crippen molar-refractivity contribution in [3.8, 4) is 0 Å². The third-order valence-corrected chi connectivity index (χ3v) is 8.28. The number of hydrogen-bond donors (Lipinski definition) is 1. The molecule has 1 amide bonds. The number of aryl methyl sites for hydroxylation is 3. The number of hydrogen-bond acceptors (Lipinski definition) is 3. The molecule has 1 saturated carbocycles. The van der Waals surface area contributed by atoms with E-state index in [1.54, 1.807) is 6.20 Å². The molecule has 6 nitrogen and oxygen atoms in total. The summed E-state index contributed by atoms with van der Waals surface area (Å²) in [6.07, 6.45) is 5.05. The van der Waals surface area contributed by atoms with Crippen molar-refractivity contribution in [2.45, 2.75) is 73.0 Å². The Hall–Kier alpha value is -3.41. The average molecular weight is 485 g/mol. The number of carbonyl (C=O) groups excluding carboxylic acids is 1. The van der Waals surface area contributed by atoms with Gasteiger partial charge >= 0.3 is 0 Å². The molecule has 1 N–H and O–H groups in total. The van der Waals surface area contributed by atoms with Crippen molar-refractivity contribution in [3.63, 3.8) is 0 Å². The van der Waals surface area contributed by atoms with E-state index in [4.69, 9.17) is 0 Å². The highest BCUT2D eigenvalue weighted by Crippen LogP contribution is 2.30. The lowest BCUT2D eigenvalue weighted by Gasteiger charge is -2.34. The van der Waals surface area contributed by atoms with E-state index in [0.717, 1.165) is 29.1 Å². The molecule has 0 unspecified atom stereocenters. The summed E-state index contributed by atoms with van der Waals surface area (Å²) in [6, 6.07) is 12.6. The summed E-state index contributed by atoms with van der Waals surface area (Å²) in [6.45, 7) is 11.3. The lowest BCUT2D eigenvalue weighted by molar-refractivity contribution is -0.123. The van der Waals surface area contributed by atoms with Gasteiger partial charge in [-0.2, -0.15) is 5.10 Å². The Kier molecular flexibility index (Phi) is 6.45. The first-order chi connectivity index (χ1) is 17.2. The van der Waals surface area contributed by atoms with Crippen molar-refractivity contribution in [1.82, 2.24) is 19.7 Å². The van der Waals surface area contributed by atoms with Gasteiger partial charge in [-0.15, -0.1) is 0 Å². The maximum Gasteiger partial charge on any atom is 0.291 e. The van der Waals surface area contributed by atoms with Gasteiger partial charge in [0.2, 0.25) is 5.91 Å². The van der Waals surface area contributed by atoms with E-state index in [-0.39, 0.29) is 24.1 Å². The highest BCUT2D eigenvalue weighted by molar-refractivity contribution is 6.07. The Morgan fingerprint density at radius 1 is 1.06 bits per heavy atom. The molecule has 3 atom stereocenters. The molecular formula is C30H36N4O2. The van der Waals surface area contributed by atoms with Crippen molar-refractivity contribution in [2.24, 2.45) is 11.8 Å². The van der Waals surface area contributed by atoms with E-state index in [1.807, 2.05) is 18.2 Å². The standard InChI is InChI=1S/C30H36N4O2/c1-18-13-20(3)25(21(4)14-18)16-33-27-12-7-6-10-23(27)24-15-31-34(30(36)29(24)33)17-28(35)32-26-11-8-9-19(2)22(26)5/h6-7,10,12-15,19,22,26H,8-9,11,16-17H2,1-5H3,(H,32,35)/t19-,22-,26-/m1/s1. The number of rotatable bonds is 5. The molecule has 0 radical (unpaired) electrons. The molecule has 1 aliphatic rings. The highest BCUT2D eigenvalue weighted by Gasteiger charge is 2.28. The van der Waals surface area contributed by atoms with Crippen LogP contribution in [-0.2, 0) is 17.9 Å². The maximum atomic E-state index is 13.8. The van der Waals surface area contributed by atoms with Gasteiger partial charge in [0.05, 0.1) is 6.20 Å². The average Bonchev–Trinajstić information content (AvgIpc) is 3.15. The van der Waals surface area contributed by atoms with Gasteiger partial charge in [-0.05, 0) is 61.8 Å². The van der Waals surface area contributed by atoms with Crippen LogP contribution in [0.2, 0.25) is 0 Å². The molecule has 1 fully saturated rings. The number of aromatic nitrogens is 3. The zero-order valence-corrected chi connectivity index (χ0v) is 22.0. The van der Waals surface area contributed by atoms with Gasteiger partial charge < -0.3 is 9.88 Å². The summed E-state index contributed by atoms with van der Waals surface area (Å²) < 4.78 is 3.41. The van der Waals surface area contributed by atoms with Gasteiger partial charge in [0, 0.05) is 28.9 Å². The molecule has 5 rings (SSSR count). The van der Waals surface area contributed by atoms with Crippen LogP contribution in [0.4, 0.5) is 0 Å². The number of nitrogens with zero attached hydrogens (tertiary/aromatic N) is 3. The van der Waals surface area contributed by atoms with Crippen molar-refractivity contribution in [2.75, 3.05) is 0 Å². The SMILES string of the molecule is Cc1cc(C)c(Cn2c3ccccc3c3cnn(CC(=O)N[C@@H]4CCC[C@@H](C)[C@H]4C)c(=O)c32)c(C)c1. The topological polar surface area (TPSA) is 68.9 Å².